The summed E-state index contributed by atoms with van der Waals surface area (Å²) in [6.07, 6.45) is 1.87. The molecule has 34 heavy (non-hydrogen) atoms. The highest BCUT2D eigenvalue weighted by Gasteiger charge is 2.11. The molecule has 0 unspecified atom stereocenters. The van der Waals surface area contributed by atoms with Crippen LogP contribution in [-0.2, 0) is 24.2 Å². The van der Waals surface area contributed by atoms with Gasteiger partial charge in [-0.25, -0.2) is 4.98 Å². The number of ether oxygens (including phenoxy) is 1. The molecule has 6 heteroatoms. The molecule has 1 aromatic heterocycles. The number of hydrogen-bond donors (Lipinski definition) is 1. The predicted molar refractivity (Wildman–Crippen MR) is 138 cm³/mol. The van der Waals surface area contributed by atoms with Gasteiger partial charge in [-0.3, -0.25) is 4.79 Å². The lowest BCUT2D eigenvalue weighted by atomic mass is 10.1. The summed E-state index contributed by atoms with van der Waals surface area (Å²) in [6.45, 7) is 6.17. The zero-order valence-corrected chi connectivity index (χ0v) is 20.4. The van der Waals surface area contributed by atoms with Gasteiger partial charge in [0, 0.05) is 24.5 Å². The van der Waals surface area contributed by atoms with E-state index in [1.54, 1.807) is 12.1 Å². The van der Waals surface area contributed by atoms with Crippen LogP contribution in [-0.4, -0.2) is 28.6 Å². The fourth-order valence-corrected chi connectivity index (χ4v) is 4.07. The lowest BCUT2D eigenvalue weighted by Gasteiger charge is -2.12. The molecule has 1 N–H and O–H groups in total. The Bertz CT molecular complexity index is 1260. The SMILES string of the molecule is Cc1ccc(OCCCn2c(CCNC(=O)Cc3ccc(Cl)cc3)nc3ccccc32)cc1C. The molecule has 0 spiro atoms. The molecule has 5 nitrogen and oxygen atoms in total. The van der Waals surface area contributed by atoms with Gasteiger partial charge in [-0.05, 0) is 73.4 Å². The molecule has 0 atom stereocenters. The number of hydrogen-bond acceptors (Lipinski definition) is 3. The molecule has 0 radical (unpaired) electrons. The molecular formula is C28H30ClN3O2. The van der Waals surface area contributed by atoms with Crippen molar-refractivity contribution < 1.29 is 9.53 Å². The molecule has 0 bridgehead atoms. The normalized spacial score (nSPS) is 11.0. The maximum atomic E-state index is 12.3. The van der Waals surface area contributed by atoms with Gasteiger partial charge in [0.15, 0.2) is 0 Å². The highest BCUT2D eigenvalue weighted by Crippen LogP contribution is 2.19. The monoisotopic (exact) mass is 475 g/mol. The summed E-state index contributed by atoms with van der Waals surface area (Å²) < 4.78 is 8.21. The van der Waals surface area contributed by atoms with Crippen LogP contribution in [0.2, 0.25) is 5.02 Å². The molecule has 0 aliphatic carbocycles. The third kappa shape index (κ3) is 6.17. The third-order valence-corrected chi connectivity index (χ3v) is 6.21. The van der Waals surface area contributed by atoms with Crippen molar-refractivity contribution in [1.29, 1.82) is 0 Å². The summed E-state index contributed by atoms with van der Waals surface area (Å²) >= 11 is 5.92. The van der Waals surface area contributed by atoms with E-state index in [4.69, 9.17) is 21.3 Å². The first-order valence-electron chi connectivity index (χ1n) is 11.6. The summed E-state index contributed by atoms with van der Waals surface area (Å²) in [7, 11) is 0. The molecule has 0 saturated carbocycles. The molecule has 0 fully saturated rings. The fourth-order valence-electron chi connectivity index (χ4n) is 3.95. The number of rotatable bonds is 10. The van der Waals surface area contributed by atoms with Crippen molar-refractivity contribution in [2.45, 2.75) is 39.7 Å². The molecule has 0 aliphatic heterocycles. The number of benzene rings is 3. The summed E-state index contributed by atoms with van der Waals surface area (Å²) in [5, 5.41) is 3.68. The van der Waals surface area contributed by atoms with Gasteiger partial charge < -0.3 is 14.6 Å². The number of para-hydroxylation sites is 2. The van der Waals surface area contributed by atoms with Crippen molar-refractivity contribution in [3.8, 4) is 5.75 Å². The molecule has 4 rings (SSSR count). The Kier molecular flexibility index (Phi) is 7.86. The smallest absolute Gasteiger partial charge is 0.224 e. The Morgan fingerprint density at radius 2 is 1.82 bits per heavy atom. The van der Waals surface area contributed by atoms with E-state index in [2.05, 4.69) is 41.9 Å². The maximum absolute atomic E-state index is 12.3. The Balaban J connectivity index is 1.33. The van der Waals surface area contributed by atoms with Crippen molar-refractivity contribution in [2.24, 2.45) is 0 Å². The number of halogens is 1. The van der Waals surface area contributed by atoms with Gasteiger partial charge in [0.25, 0.3) is 0 Å². The molecule has 0 aliphatic rings. The molecule has 3 aromatic carbocycles. The number of imidazole rings is 1. The van der Waals surface area contributed by atoms with E-state index in [0.717, 1.165) is 41.1 Å². The molecule has 0 saturated heterocycles. The largest absolute Gasteiger partial charge is 0.494 e. The van der Waals surface area contributed by atoms with E-state index in [1.807, 2.05) is 36.4 Å². The topological polar surface area (TPSA) is 56.1 Å². The van der Waals surface area contributed by atoms with Crippen LogP contribution in [0.4, 0.5) is 0 Å². The summed E-state index contributed by atoms with van der Waals surface area (Å²) in [5.74, 6) is 1.87. The minimum absolute atomic E-state index is 0.00762. The molecule has 4 aromatic rings. The van der Waals surface area contributed by atoms with E-state index in [1.165, 1.54) is 11.1 Å². The molecule has 176 valence electrons. The summed E-state index contributed by atoms with van der Waals surface area (Å²) in [5.41, 5.74) is 5.52. The Morgan fingerprint density at radius 3 is 2.62 bits per heavy atom. The van der Waals surface area contributed by atoms with Crippen molar-refractivity contribution in [3.63, 3.8) is 0 Å². The Morgan fingerprint density at radius 1 is 1.03 bits per heavy atom. The quantitative estimate of drug-likeness (QED) is 0.300. The zero-order valence-electron chi connectivity index (χ0n) is 19.7. The number of carbonyl (C=O) groups is 1. The van der Waals surface area contributed by atoms with Crippen LogP contribution < -0.4 is 10.1 Å². The molecular weight excluding hydrogens is 446 g/mol. The Labute approximate surface area is 205 Å². The van der Waals surface area contributed by atoms with Crippen LogP contribution >= 0.6 is 11.6 Å². The van der Waals surface area contributed by atoms with E-state index >= 15 is 0 Å². The van der Waals surface area contributed by atoms with Crippen molar-refractivity contribution >= 4 is 28.5 Å². The lowest BCUT2D eigenvalue weighted by Crippen LogP contribution is -2.28. The van der Waals surface area contributed by atoms with Crippen molar-refractivity contribution in [1.82, 2.24) is 14.9 Å². The Hall–Kier alpha value is -3.31. The molecule has 1 heterocycles. The number of aromatic nitrogens is 2. The van der Waals surface area contributed by atoms with Gasteiger partial charge in [-0.15, -0.1) is 0 Å². The molecule has 1 amide bonds. The number of nitrogens with zero attached hydrogens (tertiary/aromatic N) is 2. The standard InChI is InChI=1S/C28H30ClN3O2/c1-20-8-13-24(18-21(20)2)34-17-5-16-32-26-7-4-3-6-25(26)31-27(32)14-15-30-28(33)19-22-9-11-23(29)12-10-22/h3-4,6-13,18H,5,14-17,19H2,1-2H3,(H,30,33). The lowest BCUT2D eigenvalue weighted by molar-refractivity contribution is -0.120. The van der Waals surface area contributed by atoms with Crippen LogP contribution in [0.25, 0.3) is 11.0 Å². The summed E-state index contributed by atoms with van der Waals surface area (Å²) in [4.78, 5) is 17.2. The first-order chi connectivity index (χ1) is 16.5. The number of nitrogens with one attached hydrogen (secondary N) is 1. The number of carbonyl (C=O) groups excluding carboxylic acids is 1. The van der Waals surface area contributed by atoms with Gasteiger partial charge in [0.2, 0.25) is 5.91 Å². The zero-order chi connectivity index (χ0) is 23.9. The second-order valence-electron chi connectivity index (χ2n) is 8.52. The summed E-state index contributed by atoms with van der Waals surface area (Å²) in [6, 6.07) is 21.7. The number of amides is 1. The van der Waals surface area contributed by atoms with Gasteiger partial charge in [-0.1, -0.05) is 41.9 Å². The predicted octanol–water partition coefficient (Wildman–Crippen LogP) is 5.68. The highest BCUT2D eigenvalue weighted by molar-refractivity contribution is 6.30. The van der Waals surface area contributed by atoms with Gasteiger partial charge in [0.05, 0.1) is 24.1 Å². The van der Waals surface area contributed by atoms with Crippen LogP contribution in [0.15, 0.2) is 66.7 Å². The van der Waals surface area contributed by atoms with Crippen LogP contribution in [0.5, 0.6) is 5.75 Å². The van der Waals surface area contributed by atoms with E-state index in [9.17, 15) is 4.79 Å². The van der Waals surface area contributed by atoms with Gasteiger partial charge in [0.1, 0.15) is 11.6 Å². The minimum atomic E-state index is -0.00762. The first kappa shape index (κ1) is 23.8. The van der Waals surface area contributed by atoms with Gasteiger partial charge >= 0.3 is 0 Å². The van der Waals surface area contributed by atoms with Crippen LogP contribution in [0.3, 0.4) is 0 Å². The van der Waals surface area contributed by atoms with Crippen molar-refractivity contribution in [2.75, 3.05) is 13.2 Å². The number of fused-ring (bicyclic) bond motifs is 1. The third-order valence-electron chi connectivity index (χ3n) is 5.96. The maximum Gasteiger partial charge on any atom is 0.224 e. The average Bonchev–Trinajstić information content (AvgIpc) is 3.18. The van der Waals surface area contributed by atoms with Crippen molar-refractivity contribution in [3.05, 3.63) is 94.3 Å². The second kappa shape index (κ2) is 11.2. The van der Waals surface area contributed by atoms with Gasteiger partial charge in [-0.2, -0.15) is 0 Å². The fraction of sp³-hybridized carbons (Fsp3) is 0.286. The van der Waals surface area contributed by atoms with Crippen LogP contribution in [0, 0.1) is 13.8 Å². The number of aryl methyl sites for hydroxylation is 3. The van der Waals surface area contributed by atoms with E-state index in [-0.39, 0.29) is 5.91 Å². The highest BCUT2D eigenvalue weighted by atomic mass is 35.5. The van der Waals surface area contributed by atoms with E-state index < -0.39 is 0 Å². The second-order valence-corrected chi connectivity index (χ2v) is 8.96. The first-order valence-corrected chi connectivity index (χ1v) is 12.0. The minimum Gasteiger partial charge on any atom is -0.494 e. The average molecular weight is 476 g/mol. The van der Waals surface area contributed by atoms with E-state index in [0.29, 0.717) is 31.0 Å². The van der Waals surface area contributed by atoms with Crippen LogP contribution in [0.1, 0.15) is 28.9 Å².